The van der Waals surface area contributed by atoms with Crippen LogP contribution in [-0.4, -0.2) is 38.5 Å². The van der Waals surface area contributed by atoms with E-state index in [-0.39, 0.29) is 11.0 Å². The first kappa shape index (κ1) is 16.4. The monoisotopic (exact) mass is 315 g/mol. The molecule has 21 heavy (non-hydrogen) atoms. The van der Waals surface area contributed by atoms with Gasteiger partial charge < -0.3 is 4.74 Å². The molecule has 2 rings (SSSR count). The van der Waals surface area contributed by atoms with E-state index in [1.54, 1.807) is 13.8 Å². The second-order valence-electron chi connectivity index (χ2n) is 5.43. The second kappa shape index (κ2) is 6.42. The number of piperidine rings is 1. The van der Waals surface area contributed by atoms with Crippen LogP contribution in [0.15, 0.2) is 17.0 Å². The smallest absolute Gasteiger partial charge is 0.243 e. The van der Waals surface area contributed by atoms with Crippen LogP contribution in [0.3, 0.4) is 0 Å². The summed E-state index contributed by atoms with van der Waals surface area (Å²) in [5, 5.41) is 0. The van der Waals surface area contributed by atoms with Gasteiger partial charge in [0.1, 0.15) is 5.82 Å². The van der Waals surface area contributed by atoms with Gasteiger partial charge >= 0.3 is 0 Å². The molecule has 0 spiro atoms. The van der Waals surface area contributed by atoms with Gasteiger partial charge in [0.05, 0.1) is 11.0 Å². The van der Waals surface area contributed by atoms with Crippen LogP contribution in [0, 0.1) is 19.7 Å². The highest BCUT2D eigenvalue weighted by Gasteiger charge is 2.31. The van der Waals surface area contributed by atoms with Gasteiger partial charge in [-0.15, -0.1) is 0 Å². The third kappa shape index (κ3) is 3.44. The van der Waals surface area contributed by atoms with Crippen LogP contribution in [0.25, 0.3) is 0 Å². The molecule has 0 aliphatic carbocycles. The van der Waals surface area contributed by atoms with Gasteiger partial charge in [-0.05, 0) is 56.9 Å². The fourth-order valence-corrected chi connectivity index (χ4v) is 4.79. The van der Waals surface area contributed by atoms with Crippen LogP contribution < -0.4 is 0 Å². The lowest BCUT2D eigenvalue weighted by Crippen LogP contribution is -2.41. The van der Waals surface area contributed by atoms with E-state index in [9.17, 15) is 12.8 Å². The Labute approximate surface area is 126 Å². The Morgan fingerprint density at radius 1 is 1.24 bits per heavy atom. The normalized spacial score (nSPS) is 18.1. The van der Waals surface area contributed by atoms with Crippen molar-refractivity contribution in [2.24, 2.45) is 0 Å². The number of aryl methyl sites for hydroxylation is 2. The average Bonchev–Trinajstić information content (AvgIpc) is 2.38. The van der Waals surface area contributed by atoms with Crippen molar-refractivity contribution in [1.82, 2.24) is 4.31 Å². The Morgan fingerprint density at radius 2 is 1.76 bits per heavy atom. The number of halogens is 1. The van der Waals surface area contributed by atoms with Gasteiger partial charge in [-0.3, -0.25) is 0 Å². The van der Waals surface area contributed by atoms with Gasteiger partial charge in [0.25, 0.3) is 0 Å². The molecule has 1 aliphatic heterocycles. The minimum absolute atomic E-state index is 0.136. The fourth-order valence-electron chi connectivity index (χ4n) is 2.91. The third-order valence-corrected chi connectivity index (χ3v) is 6.03. The Hall–Kier alpha value is -0.980. The zero-order valence-electron chi connectivity index (χ0n) is 12.7. The quantitative estimate of drug-likeness (QED) is 0.858. The molecule has 1 saturated heterocycles. The van der Waals surface area contributed by atoms with Crippen LogP contribution in [0.4, 0.5) is 4.39 Å². The van der Waals surface area contributed by atoms with Crippen molar-refractivity contribution in [2.75, 3.05) is 19.7 Å². The van der Waals surface area contributed by atoms with Crippen molar-refractivity contribution in [3.63, 3.8) is 0 Å². The molecule has 0 saturated carbocycles. The number of sulfonamides is 1. The summed E-state index contributed by atoms with van der Waals surface area (Å²) >= 11 is 0. The summed E-state index contributed by atoms with van der Waals surface area (Å²) < 4.78 is 45.9. The summed E-state index contributed by atoms with van der Waals surface area (Å²) in [5.41, 5.74) is 0.916. The summed E-state index contributed by atoms with van der Waals surface area (Å²) in [7, 11) is -3.57. The molecule has 0 unspecified atom stereocenters. The molecule has 0 atom stereocenters. The highest BCUT2D eigenvalue weighted by molar-refractivity contribution is 7.89. The summed E-state index contributed by atoms with van der Waals surface area (Å²) in [6.07, 6.45) is 1.54. The van der Waals surface area contributed by atoms with Crippen molar-refractivity contribution >= 4 is 10.0 Å². The molecule has 1 aromatic rings. The predicted molar refractivity (Wildman–Crippen MR) is 79.3 cm³/mol. The van der Waals surface area contributed by atoms with Crippen molar-refractivity contribution in [1.29, 1.82) is 0 Å². The van der Waals surface area contributed by atoms with Crippen molar-refractivity contribution in [3.05, 3.63) is 29.1 Å². The molecule has 1 aromatic carbocycles. The lowest BCUT2D eigenvalue weighted by Gasteiger charge is -2.31. The average molecular weight is 315 g/mol. The number of hydrogen-bond donors (Lipinski definition) is 0. The van der Waals surface area contributed by atoms with Crippen LogP contribution in [-0.2, 0) is 14.8 Å². The van der Waals surface area contributed by atoms with Crippen molar-refractivity contribution in [3.8, 4) is 0 Å². The molecule has 0 radical (unpaired) electrons. The Balaban J connectivity index is 2.24. The van der Waals surface area contributed by atoms with E-state index in [4.69, 9.17) is 4.74 Å². The first-order chi connectivity index (χ1) is 9.86. The lowest BCUT2D eigenvalue weighted by atomic mass is 10.1. The van der Waals surface area contributed by atoms with Gasteiger partial charge in [-0.25, -0.2) is 12.8 Å². The van der Waals surface area contributed by atoms with Gasteiger partial charge in [0, 0.05) is 19.7 Å². The highest BCUT2D eigenvalue weighted by Crippen LogP contribution is 2.27. The maximum absolute atomic E-state index is 13.3. The van der Waals surface area contributed by atoms with Crippen LogP contribution in [0.1, 0.15) is 30.9 Å². The number of hydrogen-bond acceptors (Lipinski definition) is 3. The van der Waals surface area contributed by atoms with E-state index in [1.165, 1.54) is 16.4 Å². The Kier molecular flexibility index (Phi) is 5.01. The first-order valence-corrected chi connectivity index (χ1v) is 8.68. The summed E-state index contributed by atoms with van der Waals surface area (Å²) in [4.78, 5) is 0.235. The molecule has 1 fully saturated rings. The van der Waals surface area contributed by atoms with Gasteiger partial charge in [-0.1, -0.05) is 0 Å². The fraction of sp³-hybridized carbons (Fsp3) is 0.600. The van der Waals surface area contributed by atoms with E-state index < -0.39 is 15.8 Å². The number of benzene rings is 1. The molecular weight excluding hydrogens is 293 g/mol. The molecule has 0 aromatic heterocycles. The van der Waals surface area contributed by atoms with Gasteiger partial charge in [-0.2, -0.15) is 4.31 Å². The van der Waals surface area contributed by atoms with Gasteiger partial charge in [0.15, 0.2) is 0 Å². The molecule has 1 aliphatic rings. The van der Waals surface area contributed by atoms with Crippen molar-refractivity contribution < 1.29 is 17.5 Å². The zero-order valence-corrected chi connectivity index (χ0v) is 13.5. The van der Waals surface area contributed by atoms with Crippen molar-refractivity contribution in [2.45, 2.75) is 44.6 Å². The standard InChI is InChI=1S/C15H22FNO3S/c1-4-20-14-5-7-17(8-6-14)21(18,19)15-11(2)9-13(16)10-12(15)3/h9-10,14H,4-8H2,1-3H3. The molecule has 6 heteroatoms. The summed E-state index contributed by atoms with van der Waals surface area (Å²) in [6, 6.07) is 2.54. The predicted octanol–water partition coefficient (Wildman–Crippen LogP) is 2.63. The topological polar surface area (TPSA) is 46.6 Å². The Morgan fingerprint density at radius 3 is 2.24 bits per heavy atom. The van der Waals surface area contributed by atoms with E-state index in [0.717, 1.165) is 0 Å². The second-order valence-corrected chi connectivity index (χ2v) is 7.30. The summed E-state index contributed by atoms with van der Waals surface area (Å²) in [5.74, 6) is -0.404. The van der Waals surface area contributed by atoms with E-state index in [2.05, 4.69) is 0 Å². The Bertz CT molecular complexity index is 584. The molecular formula is C15H22FNO3S. The van der Waals surface area contributed by atoms with Crippen LogP contribution in [0.2, 0.25) is 0 Å². The van der Waals surface area contributed by atoms with E-state index >= 15 is 0 Å². The summed E-state index contributed by atoms with van der Waals surface area (Å²) in [6.45, 7) is 6.75. The minimum Gasteiger partial charge on any atom is -0.378 e. The molecule has 0 amide bonds. The van der Waals surface area contributed by atoms with Crippen LogP contribution >= 0.6 is 0 Å². The minimum atomic E-state index is -3.57. The molecule has 4 nitrogen and oxygen atoms in total. The highest BCUT2D eigenvalue weighted by atomic mass is 32.2. The van der Waals surface area contributed by atoms with E-state index in [0.29, 0.717) is 43.7 Å². The number of ether oxygens (including phenoxy) is 1. The van der Waals surface area contributed by atoms with E-state index in [1.807, 2.05) is 6.92 Å². The molecule has 0 bridgehead atoms. The number of rotatable bonds is 4. The third-order valence-electron chi connectivity index (χ3n) is 3.83. The molecule has 0 N–H and O–H groups in total. The largest absolute Gasteiger partial charge is 0.378 e. The maximum atomic E-state index is 13.3. The van der Waals surface area contributed by atoms with Crippen LogP contribution in [0.5, 0.6) is 0 Å². The maximum Gasteiger partial charge on any atom is 0.243 e. The first-order valence-electron chi connectivity index (χ1n) is 7.24. The number of nitrogens with zero attached hydrogens (tertiary/aromatic N) is 1. The SMILES string of the molecule is CCOC1CCN(S(=O)(=O)c2c(C)cc(F)cc2C)CC1. The zero-order chi connectivity index (χ0) is 15.6. The molecule has 118 valence electrons. The molecule has 1 heterocycles. The lowest BCUT2D eigenvalue weighted by molar-refractivity contribution is 0.0290. The van der Waals surface area contributed by atoms with Gasteiger partial charge in [0.2, 0.25) is 10.0 Å².